The molecule has 2 aromatic carbocycles. The van der Waals surface area contributed by atoms with E-state index in [1.165, 1.54) is 12.1 Å². The third-order valence-electron chi connectivity index (χ3n) is 4.98. The summed E-state index contributed by atoms with van der Waals surface area (Å²) in [6.07, 6.45) is 0.356. The monoisotopic (exact) mass is 460 g/mol. The minimum Gasteiger partial charge on any atom is -0.434 e. The van der Waals surface area contributed by atoms with Gasteiger partial charge < -0.3 is 10.1 Å². The molecule has 1 aliphatic heterocycles. The first-order valence-electron chi connectivity index (χ1n) is 9.44. The van der Waals surface area contributed by atoms with Crippen LogP contribution in [0, 0.1) is 17.6 Å². The third kappa shape index (κ3) is 5.53. The number of halogens is 4. The quantitative estimate of drug-likeness (QED) is 0.644. The summed E-state index contributed by atoms with van der Waals surface area (Å²) in [4.78, 5) is 11.7. The van der Waals surface area contributed by atoms with Crippen molar-refractivity contribution in [2.45, 2.75) is 30.9 Å². The van der Waals surface area contributed by atoms with E-state index in [1.807, 2.05) is 0 Å². The van der Waals surface area contributed by atoms with E-state index in [9.17, 15) is 30.8 Å². The van der Waals surface area contributed by atoms with Crippen molar-refractivity contribution in [1.82, 2.24) is 9.62 Å². The fourth-order valence-corrected chi connectivity index (χ4v) is 4.91. The lowest BCUT2D eigenvalue weighted by atomic mass is 9.97. The van der Waals surface area contributed by atoms with Gasteiger partial charge in [0.15, 0.2) is 0 Å². The summed E-state index contributed by atoms with van der Waals surface area (Å²) in [6.45, 7) is -3.11. The number of hydrogen-bond donors (Lipinski definition) is 1. The summed E-state index contributed by atoms with van der Waals surface area (Å²) in [6, 6.07) is 8.26. The van der Waals surface area contributed by atoms with Gasteiger partial charge in [0.2, 0.25) is 15.9 Å². The van der Waals surface area contributed by atoms with Crippen LogP contribution < -0.4 is 10.1 Å². The molecular weight excluding hydrogens is 440 g/mol. The van der Waals surface area contributed by atoms with Crippen molar-refractivity contribution in [2.75, 3.05) is 13.1 Å². The Morgan fingerprint density at radius 3 is 2.48 bits per heavy atom. The smallest absolute Gasteiger partial charge is 0.387 e. The van der Waals surface area contributed by atoms with Gasteiger partial charge in [-0.2, -0.15) is 13.1 Å². The molecule has 6 nitrogen and oxygen atoms in total. The average molecular weight is 460 g/mol. The molecule has 0 bridgehead atoms. The number of alkyl halides is 2. The molecular formula is C20H20F4N2O4S. The van der Waals surface area contributed by atoms with Crippen molar-refractivity contribution < 1.29 is 35.5 Å². The van der Waals surface area contributed by atoms with Gasteiger partial charge in [0.1, 0.15) is 22.3 Å². The van der Waals surface area contributed by atoms with Crippen molar-refractivity contribution in [3.63, 3.8) is 0 Å². The van der Waals surface area contributed by atoms with E-state index >= 15 is 0 Å². The van der Waals surface area contributed by atoms with E-state index in [-0.39, 0.29) is 44.1 Å². The second-order valence-electron chi connectivity index (χ2n) is 6.96. The highest BCUT2D eigenvalue weighted by Crippen LogP contribution is 2.26. The zero-order valence-electron chi connectivity index (χ0n) is 16.2. The molecule has 1 aliphatic rings. The van der Waals surface area contributed by atoms with Gasteiger partial charge in [-0.1, -0.05) is 18.2 Å². The van der Waals surface area contributed by atoms with Crippen LogP contribution in [0.1, 0.15) is 18.4 Å². The van der Waals surface area contributed by atoms with E-state index in [2.05, 4.69) is 10.1 Å². The Labute approximate surface area is 176 Å². The molecule has 1 saturated heterocycles. The molecule has 31 heavy (non-hydrogen) atoms. The number of benzene rings is 2. The molecule has 3 rings (SSSR count). The van der Waals surface area contributed by atoms with E-state index in [4.69, 9.17) is 0 Å². The van der Waals surface area contributed by atoms with Crippen LogP contribution in [0.25, 0.3) is 0 Å². The Hall–Kier alpha value is -2.66. The lowest BCUT2D eigenvalue weighted by Gasteiger charge is -2.30. The first kappa shape index (κ1) is 23.0. The summed E-state index contributed by atoms with van der Waals surface area (Å²) in [7, 11) is -4.24. The van der Waals surface area contributed by atoms with E-state index < -0.39 is 39.1 Å². The van der Waals surface area contributed by atoms with Crippen LogP contribution in [0.3, 0.4) is 0 Å². The topological polar surface area (TPSA) is 75.7 Å². The van der Waals surface area contributed by atoms with Crippen molar-refractivity contribution in [3.8, 4) is 5.75 Å². The maximum absolute atomic E-state index is 13.9. The maximum atomic E-state index is 13.9. The molecule has 2 aromatic rings. The number of sulfonamides is 1. The van der Waals surface area contributed by atoms with Crippen LogP contribution in [-0.2, 0) is 21.4 Å². The van der Waals surface area contributed by atoms with E-state index in [1.54, 1.807) is 12.1 Å². The highest BCUT2D eigenvalue weighted by atomic mass is 32.2. The lowest BCUT2D eigenvalue weighted by Crippen LogP contribution is -2.43. The molecule has 0 aromatic heterocycles. The minimum atomic E-state index is -4.24. The average Bonchev–Trinajstić information content (AvgIpc) is 2.74. The molecule has 0 radical (unpaired) electrons. The van der Waals surface area contributed by atoms with Gasteiger partial charge in [0, 0.05) is 31.1 Å². The largest absolute Gasteiger partial charge is 0.434 e. The molecule has 168 valence electrons. The SMILES string of the molecule is O=C(NCc1ccccc1OC(F)F)C1CCN(S(=O)(=O)c2cc(F)ccc2F)CC1. The summed E-state index contributed by atoms with van der Waals surface area (Å²) in [5.74, 6) is -2.83. The van der Waals surface area contributed by atoms with Crippen LogP contribution in [0.2, 0.25) is 0 Å². The molecule has 1 fully saturated rings. The van der Waals surface area contributed by atoms with Crippen molar-refractivity contribution in [3.05, 3.63) is 59.7 Å². The highest BCUT2D eigenvalue weighted by Gasteiger charge is 2.33. The number of nitrogens with one attached hydrogen (secondary N) is 1. The van der Waals surface area contributed by atoms with Crippen molar-refractivity contribution >= 4 is 15.9 Å². The normalized spacial score (nSPS) is 15.8. The number of amides is 1. The Kier molecular flexibility index (Phi) is 7.16. The highest BCUT2D eigenvalue weighted by molar-refractivity contribution is 7.89. The number of ether oxygens (including phenoxy) is 1. The zero-order valence-corrected chi connectivity index (χ0v) is 17.0. The fourth-order valence-electron chi connectivity index (χ4n) is 3.36. The standard InChI is InChI=1S/C20H20F4N2O4S/c21-15-5-6-16(22)18(11-15)31(28,29)26-9-7-13(8-10-26)19(27)25-12-14-3-1-2-4-17(14)30-20(23)24/h1-6,11,13,20H,7-10,12H2,(H,25,27). The number of hydrogen-bond acceptors (Lipinski definition) is 4. The predicted octanol–water partition coefficient (Wildman–Crippen LogP) is 3.28. The molecule has 0 atom stereocenters. The molecule has 1 heterocycles. The van der Waals surface area contributed by atoms with Gasteiger partial charge in [-0.25, -0.2) is 17.2 Å². The number of nitrogens with zero attached hydrogens (tertiary/aromatic N) is 1. The third-order valence-corrected chi connectivity index (χ3v) is 6.89. The van der Waals surface area contributed by atoms with Crippen molar-refractivity contribution in [2.24, 2.45) is 5.92 Å². The van der Waals surface area contributed by atoms with E-state index in [0.29, 0.717) is 11.6 Å². The van der Waals surface area contributed by atoms with Crippen LogP contribution >= 0.6 is 0 Å². The van der Waals surface area contributed by atoms with Crippen LogP contribution in [0.5, 0.6) is 5.75 Å². The molecule has 11 heteroatoms. The fraction of sp³-hybridized carbons (Fsp3) is 0.350. The summed E-state index contributed by atoms with van der Waals surface area (Å²) in [5, 5.41) is 2.64. The predicted molar refractivity (Wildman–Crippen MR) is 103 cm³/mol. The number of piperidine rings is 1. The number of rotatable bonds is 7. The van der Waals surface area contributed by atoms with Gasteiger partial charge in [-0.05, 0) is 37.1 Å². The van der Waals surface area contributed by atoms with Gasteiger partial charge in [0.25, 0.3) is 0 Å². The van der Waals surface area contributed by atoms with E-state index in [0.717, 1.165) is 16.4 Å². The zero-order chi connectivity index (χ0) is 22.6. The van der Waals surface area contributed by atoms with Crippen molar-refractivity contribution in [1.29, 1.82) is 0 Å². The number of carbonyl (C=O) groups is 1. The first-order valence-corrected chi connectivity index (χ1v) is 10.9. The summed E-state index contributed by atoms with van der Waals surface area (Å²) >= 11 is 0. The van der Waals surface area contributed by atoms with Gasteiger partial charge >= 0.3 is 6.61 Å². The number of carbonyl (C=O) groups excluding carboxylic acids is 1. The first-order chi connectivity index (χ1) is 14.7. The second-order valence-corrected chi connectivity index (χ2v) is 8.86. The summed E-state index contributed by atoms with van der Waals surface area (Å²) in [5.41, 5.74) is 0.373. The number of para-hydroxylation sites is 1. The lowest BCUT2D eigenvalue weighted by molar-refractivity contribution is -0.126. The van der Waals surface area contributed by atoms with Gasteiger partial charge in [-0.3, -0.25) is 4.79 Å². The van der Waals surface area contributed by atoms with Crippen LogP contribution in [0.4, 0.5) is 17.6 Å². The Bertz CT molecular complexity index is 1040. The maximum Gasteiger partial charge on any atom is 0.387 e. The van der Waals surface area contributed by atoms with Crippen LogP contribution in [0.15, 0.2) is 47.4 Å². The minimum absolute atomic E-state index is 0.0330. The molecule has 1 amide bonds. The Morgan fingerprint density at radius 1 is 1.13 bits per heavy atom. The Balaban J connectivity index is 1.59. The molecule has 1 N–H and O–H groups in total. The Morgan fingerprint density at radius 2 is 1.81 bits per heavy atom. The molecule has 0 saturated carbocycles. The molecule has 0 unspecified atom stereocenters. The molecule has 0 spiro atoms. The van der Waals surface area contributed by atoms with Crippen LogP contribution in [-0.4, -0.2) is 38.3 Å². The summed E-state index contributed by atoms with van der Waals surface area (Å²) < 4.78 is 82.9. The second kappa shape index (κ2) is 9.65. The molecule has 0 aliphatic carbocycles. The van der Waals surface area contributed by atoms with Gasteiger partial charge in [0.05, 0.1) is 0 Å². The van der Waals surface area contributed by atoms with Gasteiger partial charge in [-0.15, -0.1) is 0 Å².